The Balaban J connectivity index is 1.67. The molecular weight excluding hydrogens is 549 g/mol. The molecule has 9 heteroatoms. The molecule has 0 aliphatic heterocycles. The number of carbonyl (C=O) groups is 1. The molecule has 0 aromatic heterocycles. The SMILES string of the molecule is CCOc1cc(/C=N/NC(=O)Cc2ccccc2[N+](=O)[O-])cc(I)c1OCc1ccc(C)cc1. The number of para-hydroxylation sites is 1. The Morgan fingerprint density at radius 3 is 2.59 bits per heavy atom. The fourth-order valence-electron chi connectivity index (χ4n) is 3.14. The minimum Gasteiger partial charge on any atom is -0.490 e. The zero-order valence-electron chi connectivity index (χ0n) is 18.8. The van der Waals surface area contributed by atoms with E-state index in [1.165, 1.54) is 17.8 Å². The van der Waals surface area contributed by atoms with E-state index in [9.17, 15) is 14.9 Å². The Morgan fingerprint density at radius 2 is 1.88 bits per heavy atom. The van der Waals surface area contributed by atoms with Crippen LogP contribution in [-0.4, -0.2) is 23.7 Å². The first-order valence-corrected chi connectivity index (χ1v) is 11.6. The van der Waals surface area contributed by atoms with Gasteiger partial charge in [0.15, 0.2) is 11.5 Å². The summed E-state index contributed by atoms with van der Waals surface area (Å²) in [7, 11) is 0. The van der Waals surface area contributed by atoms with Gasteiger partial charge in [0, 0.05) is 11.6 Å². The number of nitrogens with zero attached hydrogens (tertiary/aromatic N) is 2. The molecular formula is C25H24IN3O5. The lowest BCUT2D eigenvalue weighted by Crippen LogP contribution is -2.20. The molecule has 3 aromatic rings. The van der Waals surface area contributed by atoms with Crippen molar-refractivity contribution in [1.82, 2.24) is 5.43 Å². The van der Waals surface area contributed by atoms with E-state index in [0.29, 0.717) is 35.8 Å². The molecule has 0 fully saturated rings. The molecule has 0 bridgehead atoms. The van der Waals surface area contributed by atoms with Crippen LogP contribution in [0.15, 0.2) is 65.8 Å². The highest BCUT2D eigenvalue weighted by molar-refractivity contribution is 14.1. The number of amides is 1. The standard InChI is InChI=1S/C25H24IN3O5/c1-3-33-23-13-19(12-21(26)25(23)34-16-18-10-8-17(2)9-11-18)15-27-28-24(30)14-20-6-4-5-7-22(20)29(31)32/h4-13,15H,3,14,16H2,1-2H3,(H,28,30)/b27-15+. The van der Waals surface area contributed by atoms with Crippen LogP contribution in [0.4, 0.5) is 5.69 Å². The third kappa shape index (κ3) is 7.01. The van der Waals surface area contributed by atoms with Gasteiger partial charge in [-0.2, -0.15) is 5.10 Å². The number of hydrogen-bond acceptors (Lipinski definition) is 6. The Morgan fingerprint density at radius 1 is 1.15 bits per heavy atom. The second-order valence-corrected chi connectivity index (χ2v) is 8.56. The lowest BCUT2D eigenvalue weighted by molar-refractivity contribution is -0.385. The molecule has 0 heterocycles. The summed E-state index contributed by atoms with van der Waals surface area (Å²) in [6.45, 7) is 4.80. The van der Waals surface area contributed by atoms with Crippen LogP contribution in [0.3, 0.4) is 0 Å². The van der Waals surface area contributed by atoms with Crippen molar-refractivity contribution < 1.29 is 19.2 Å². The lowest BCUT2D eigenvalue weighted by Gasteiger charge is -2.15. The number of hydrazone groups is 1. The van der Waals surface area contributed by atoms with E-state index in [1.807, 2.05) is 44.2 Å². The Bertz CT molecular complexity index is 1200. The number of nitro benzene ring substituents is 1. The molecule has 3 aromatic carbocycles. The van der Waals surface area contributed by atoms with Crippen LogP contribution in [0.2, 0.25) is 0 Å². The maximum Gasteiger partial charge on any atom is 0.273 e. The normalized spacial score (nSPS) is 10.8. The Kier molecular flexibility index (Phi) is 8.97. The van der Waals surface area contributed by atoms with Gasteiger partial charge in [0.05, 0.1) is 27.7 Å². The highest BCUT2D eigenvalue weighted by atomic mass is 127. The number of halogens is 1. The monoisotopic (exact) mass is 573 g/mol. The number of nitrogens with one attached hydrogen (secondary N) is 1. The summed E-state index contributed by atoms with van der Waals surface area (Å²) in [5.74, 6) is 0.762. The predicted octanol–water partition coefficient (Wildman–Crippen LogP) is 5.18. The van der Waals surface area contributed by atoms with Crippen LogP contribution < -0.4 is 14.9 Å². The van der Waals surface area contributed by atoms with Crippen molar-refractivity contribution in [3.8, 4) is 11.5 Å². The largest absolute Gasteiger partial charge is 0.490 e. The van der Waals surface area contributed by atoms with Crippen LogP contribution in [0.25, 0.3) is 0 Å². The average Bonchev–Trinajstić information content (AvgIpc) is 2.80. The van der Waals surface area contributed by atoms with E-state index >= 15 is 0 Å². The first kappa shape index (κ1) is 25.2. The quantitative estimate of drug-likeness (QED) is 0.156. The van der Waals surface area contributed by atoms with Gasteiger partial charge in [0.1, 0.15) is 6.61 Å². The molecule has 0 aliphatic carbocycles. The van der Waals surface area contributed by atoms with Gasteiger partial charge >= 0.3 is 0 Å². The van der Waals surface area contributed by atoms with E-state index in [1.54, 1.807) is 24.3 Å². The number of carbonyl (C=O) groups excluding carboxylic acids is 1. The molecule has 0 saturated carbocycles. The van der Waals surface area contributed by atoms with Crippen LogP contribution in [0.1, 0.15) is 29.2 Å². The summed E-state index contributed by atoms with van der Waals surface area (Å²) in [6, 6.07) is 17.9. The van der Waals surface area contributed by atoms with Crippen molar-refractivity contribution in [3.63, 3.8) is 0 Å². The van der Waals surface area contributed by atoms with Crippen molar-refractivity contribution in [1.29, 1.82) is 0 Å². The number of hydrogen-bond donors (Lipinski definition) is 1. The molecule has 0 atom stereocenters. The van der Waals surface area contributed by atoms with Crippen molar-refractivity contribution in [2.75, 3.05) is 6.61 Å². The number of rotatable bonds is 10. The second kappa shape index (κ2) is 12.1. The van der Waals surface area contributed by atoms with Crippen molar-refractivity contribution in [2.24, 2.45) is 5.10 Å². The third-order valence-electron chi connectivity index (χ3n) is 4.78. The number of nitro groups is 1. The number of ether oxygens (including phenoxy) is 2. The molecule has 34 heavy (non-hydrogen) atoms. The highest BCUT2D eigenvalue weighted by Crippen LogP contribution is 2.34. The van der Waals surface area contributed by atoms with Gasteiger partial charge in [0.2, 0.25) is 5.91 Å². The number of benzene rings is 3. The first-order chi connectivity index (χ1) is 16.4. The zero-order valence-corrected chi connectivity index (χ0v) is 20.9. The van der Waals surface area contributed by atoms with Crippen molar-refractivity contribution in [2.45, 2.75) is 26.9 Å². The van der Waals surface area contributed by atoms with Gasteiger partial charge in [0.25, 0.3) is 5.69 Å². The minimum absolute atomic E-state index is 0.0984. The summed E-state index contributed by atoms with van der Waals surface area (Å²) in [6.07, 6.45) is 1.34. The topological polar surface area (TPSA) is 103 Å². The highest BCUT2D eigenvalue weighted by Gasteiger charge is 2.15. The van der Waals surface area contributed by atoms with Crippen molar-refractivity contribution >= 4 is 40.4 Å². The van der Waals surface area contributed by atoms with E-state index < -0.39 is 10.8 Å². The Labute approximate surface area is 211 Å². The maximum atomic E-state index is 12.2. The summed E-state index contributed by atoms with van der Waals surface area (Å²) in [4.78, 5) is 22.8. The molecule has 0 aliphatic rings. The summed E-state index contributed by atoms with van der Waals surface area (Å²) in [5.41, 5.74) is 5.59. The average molecular weight is 573 g/mol. The molecule has 8 nitrogen and oxygen atoms in total. The first-order valence-electron chi connectivity index (χ1n) is 10.6. The molecule has 0 saturated heterocycles. The summed E-state index contributed by atoms with van der Waals surface area (Å²) < 4.78 is 12.6. The van der Waals surface area contributed by atoms with E-state index in [0.717, 1.165) is 9.13 Å². The molecule has 176 valence electrons. The fourth-order valence-corrected chi connectivity index (χ4v) is 3.92. The third-order valence-corrected chi connectivity index (χ3v) is 5.58. The van der Waals surface area contributed by atoms with Gasteiger partial charge < -0.3 is 9.47 Å². The maximum absolute atomic E-state index is 12.2. The predicted molar refractivity (Wildman–Crippen MR) is 138 cm³/mol. The fraction of sp³-hybridized carbons (Fsp3) is 0.200. The number of aryl methyl sites for hydroxylation is 1. The molecule has 1 N–H and O–H groups in total. The van der Waals surface area contributed by atoms with E-state index in [4.69, 9.17) is 9.47 Å². The minimum atomic E-state index is -0.508. The van der Waals surface area contributed by atoms with Crippen LogP contribution in [-0.2, 0) is 17.8 Å². The molecule has 3 rings (SSSR count). The lowest BCUT2D eigenvalue weighted by atomic mass is 10.1. The van der Waals surface area contributed by atoms with Crippen molar-refractivity contribution in [3.05, 3.63) is 96.6 Å². The van der Waals surface area contributed by atoms with Gasteiger partial charge in [-0.05, 0) is 59.7 Å². The molecule has 0 unspecified atom stereocenters. The van der Waals surface area contributed by atoms with Gasteiger partial charge in [-0.3, -0.25) is 14.9 Å². The summed E-state index contributed by atoms with van der Waals surface area (Å²) >= 11 is 2.17. The summed E-state index contributed by atoms with van der Waals surface area (Å²) in [5, 5.41) is 15.1. The Hall–Kier alpha value is -3.47. The van der Waals surface area contributed by atoms with Crippen LogP contribution in [0, 0.1) is 20.6 Å². The zero-order chi connectivity index (χ0) is 24.5. The molecule has 0 spiro atoms. The smallest absolute Gasteiger partial charge is 0.273 e. The van der Waals surface area contributed by atoms with E-state index in [-0.39, 0.29) is 12.1 Å². The van der Waals surface area contributed by atoms with Gasteiger partial charge in [-0.1, -0.05) is 48.0 Å². The second-order valence-electron chi connectivity index (χ2n) is 7.39. The molecule has 1 amide bonds. The van der Waals surface area contributed by atoms with Gasteiger partial charge in [-0.25, -0.2) is 5.43 Å². The van der Waals surface area contributed by atoms with Crippen LogP contribution in [0.5, 0.6) is 11.5 Å². The van der Waals surface area contributed by atoms with Crippen LogP contribution >= 0.6 is 22.6 Å². The van der Waals surface area contributed by atoms with Gasteiger partial charge in [-0.15, -0.1) is 0 Å². The van der Waals surface area contributed by atoms with E-state index in [2.05, 4.69) is 33.1 Å². The molecule has 0 radical (unpaired) electrons.